The van der Waals surface area contributed by atoms with Crippen LogP contribution in [0.3, 0.4) is 0 Å². The first-order chi connectivity index (χ1) is 25.2. The van der Waals surface area contributed by atoms with Gasteiger partial charge in [0, 0.05) is 45.0 Å². The van der Waals surface area contributed by atoms with Crippen LogP contribution < -0.4 is 20.5 Å². The van der Waals surface area contributed by atoms with Crippen LogP contribution in [0.5, 0.6) is 11.5 Å². The van der Waals surface area contributed by atoms with E-state index in [1.807, 2.05) is 32.0 Å². The fraction of sp³-hybridized carbons (Fsp3) is 0.615. The molecule has 0 saturated carbocycles. The Hall–Kier alpha value is -4.43. The fourth-order valence-corrected chi connectivity index (χ4v) is 6.07. The molecule has 1 saturated heterocycles. The number of hydrogen-bond acceptors (Lipinski definition) is 11. The minimum absolute atomic E-state index is 0.0698. The number of primary amides is 1. The third kappa shape index (κ3) is 12.9. The van der Waals surface area contributed by atoms with Gasteiger partial charge in [-0.05, 0) is 80.7 Å². The summed E-state index contributed by atoms with van der Waals surface area (Å²) in [7, 11) is 3.25. The lowest BCUT2D eigenvalue weighted by Crippen LogP contribution is -2.47. The molecule has 1 aliphatic rings. The monoisotopic (exact) mass is 742 g/mol. The molecule has 1 aliphatic heterocycles. The number of esters is 1. The molecule has 2 unspecified atom stereocenters. The van der Waals surface area contributed by atoms with E-state index in [4.69, 9.17) is 34.2 Å². The van der Waals surface area contributed by atoms with Gasteiger partial charge in [-0.25, -0.2) is 9.59 Å². The number of nitrogens with one attached hydrogen (secondary N) is 1. The van der Waals surface area contributed by atoms with E-state index in [-0.39, 0.29) is 42.5 Å². The van der Waals surface area contributed by atoms with E-state index in [1.165, 1.54) is 17.3 Å². The van der Waals surface area contributed by atoms with Gasteiger partial charge in [0.15, 0.2) is 11.5 Å². The van der Waals surface area contributed by atoms with Gasteiger partial charge in [-0.2, -0.15) is 0 Å². The van der Waals surface area contributed by atoms with Crippen molar-refractivity contribution in [2.45, 2.75) is 79.4 Å². The lowest BCUT2D eigenvalue weighted by molar-refractivity contribution is -0.130. The average Bonchev–Trinajstić information content (AvgIpc) is 3.53. The van der Waals surface area contributed by atoms with Crippen LogP contribution in [0.15, 0.2) is 42.7 Å². The number of rotatable bonds is 21. The summed E-state index contributed by atoms with van der Waals surface area (Å²) < 4.78 is 33.6. The Morgan fingerprint density at radius 2 is 1.77 bits per heavy atom. The lowest BCUT2D eigenvalue weighted by Gasteiger charge is -2.33. The topological polar surface area (TPSA) is 178 Å². The number of methoxy groups -OCH3 is 2. The van der Waals surface area contributed by atoms with Gasteiger partial charge >= 0.3 is 12.1 Å². The van der Waals surface area contributed by atoms with Crippen LogP contribution in [0.25, 0.3) is 0 Å². The summed E-state index contributed by atoms with van der Waals surface area (Å²) in [6.45, 7) is 12.0. The Balaban J connectivity index is 1.84. The highest BCUT2D eigenvalue weighted by Gasteiger charge is 2.43. The molecule has 1 aromatic heterocycles. The van der Waals surface area contributed by atoms with Gasteiger partial charge in [0.2, 0.25) is 18.6 Å². The number of nitrogens with zero attached hydrogens (tertiary/aromatic N) is 2. The number of aromatic nitrogens is 1. The maximum atomic E-state index is 13.6. The summed E-state index contributed by atoms with van der Waals surface area (Å²) in [4.78, 5) is 56.9. The first kappa shape index (κ1) is 43.0. The second kappa shape index (κ2) is 20.7. The Morgan fingerprint density at radius 3 is 2.40 bits per heavy atom. The van der Waals surface area contributed by atoms with Crippen LogP contribution in [-0.2, 0) is 35.0 Å². The maximum Gasteiger partial charge on any atom is 0.414 e. The highest BCUT2D eigenvalue weighted by atomic mass is 16.7. The molecule has 2 aromatic rings. The Labute approximate surface area is 313 Å². The molecule has 14 nitrogen and oxygen atoms in total. The number of carbonyl (C=O) groups excluding carboxylic acids is 4. The second-order valence-corrected chi connectivity index (χ2v) is 14.7. The van der Waals surface area contributed by atoms with Gasteiger partial charge in [0.25, 0.3) is 0 Å². The zero-order valence-electron chi connectivity index (χ0n) is 32.4. The van der Waals surface area contributed by atoms with Crippen LogP contribution in [-0.4, -0.2) is 93.4 Å². The van der Waals surface area contributed by atoms with E-state index in [1.54, 1.807) is 40.2 Å². The quantitative estimate of drug-likeness (QED) is 0.100. The van der Waals surface area contributed by atoms with Crippen LogP contribution in [0, 0.1) is 29.1 Å². The third-order valence-corrected chi connectivity index (χ3v) is 9.72. The van der Waals surface area contributed by atoms with Gasteiger partial charge in [-0.3, -0.25) is 19.5 Å². The lowest BCUT2D eigenvalue weighted by atomic mass is 9.80. The maximum absolute atomic E-state index is 13.6. The molecular weight excluding hydrogens is 684 g/mol. The molecule has 1 fully saturated rings. The van der Waals surface area contributed by atoms with E-state index in [9.17, 15) is 19.2 Å². The summed E-state index contributed by atoms with van der Waals surface area (Å²) in [5.74, 6) is -0.441. The van der Waals surface area contributed by atoms with Gasteiger partial charge < -0.3 is 39.5 Å². The van der Waals surface area contributed by atoms with Crippen LogP contribution >= 0.6 is 0 Å². The van der Waals surface area contributed by atoms with Gasteiger partial charge in [0.05, 0.1) is 36.8 Å². The number of ether oxygens (including phenoxy) is 6. The van der Waals surface area contributed by atoms with E-state index in [0.717, 1.165) is 12.0 Å². The normalized spacial score (nSPS) is 17.0. The van der Waals surface area contributed by atoms with Crippen molar-refractivity contribution in [3.05, 3.63) is 53.9 Å². The molecule has 1 aromatic carbocycles. The zero-order valence-corrected chi connectivity index (χ0v) is 32.4. The molecule has 294 valence electrons. The Kier molecular flexibility index (Phi) is 16.8. The molecule has 4 atom stereocenters. The molecule has 2 heterocycles. The molecule has 3 rings (SSSR count). The standard InChI is InChI=1S/C39H58N4O10/c1-25(2)29(17-27-12-13-32(49-8)34(18-27)50-16-10-15-48-7)19-31-33(20-30(26(3)4)35(44)42-22-39(5,6)37(40)46)51-23-43(31)38(47)53-24-52-36(45)28-11-9-14-41-21-28/h9,11-14,18,21,25-26,29-31,33H,10,15-17,19-20,22-24H2,1-8H3,(H2,40,46)(H,42,44)/t29-,30+,31?,33?/m1/s1. The molecule has 3 amide bonds. The Bertz CT molecular complexity index is 1490. The van der Waals surface area contributed by atoms with Crippen LogP contribution in [0.2, 0.25) is 0 Å². The summed E-state index contributed by atoms with van der Waals surface area (Å²) in [6, 6.07) is 8.57. The number of benzene rings is 1. The number of amides is 3. The van der Waals surface area contributed by atoms with E-state index in [2.05, 4.69) is 24.1 Å². The minimum Gasteiger partial charge on any atom is -0.493 e. The zero-order chi connectivity index (χ0) is 39.1. The van der Waals surface area contributed by atoms with Gasteiger partial charge in [0.1, 0.15) is 6.73 Å². The van der Waals surface area contributed by atoms with Crippen LogP contribution in [0.1, 0.15) is 76.7 Å². The van der Waals surface area contributed by atoms with Crippen molar-refractivity contribution in [1.82, 2.24) is 15.2 Å². The number of nitrogens with two attached hydrogens (primary N) is 1. The van der Waals surface area contributed by atoms with Crippen molar-refractivity contribution in [3.8, 4) is 11.5 Å². The molecule has 53 heavy (non-hydrogen) atoms. The molecule has 0 radical (unpaired) electrons. The Morgan fingerprint density at radius 1 is 1.02 bits per heavy atom. The highest BCUT2D eigenvalue weighted by Crippen LogP contribution is 2.36. The van der Waals surface area contributed by atoms with Crippen molar-refractivity contribution in [2.75, 3.05) is 47.5 Å². The smallest absolute Gasteiger partial charge is 0.414 e. The average molecular weight is 743 g/mol. The molecule has 3 N–H and O–H groups in total. The van der Waals surface area contributed by atoms with E-state index < -0.39 is 48.2 Å². The fourth-order valence-electron chi connectivity index (χ4n) is 6.07. The van der Waals surface area contributed by atoms with Crippen molar-refractivity contribution < 1.29 is 47.6 Å². The third-order valence-electron chi connectivity index (χ3n) is 9.72. The molecule has 0 aliphatic carbocycles. The number of carbonyl (C=O) groups is 4. The minimum atomic E-state index is -0.925. The predicted molar refractivity (Wildman–Crippen MR) is 197 cm³/mol. The summed E-state index contributed by atoms with van der Waals surface area (Å²) in [5, 5.41) is 2.91. The first-order valence-electron chi connectivity index (χ1n) is 18.2. The second-order valence-electron chi connectivity index (χ2n) is 14.7. The van der Waals surface area contributed by atoms with Gasteiger partial charge in [-0.1, -0.05) is 33.8 Å². The molecule has 14 heteroatoms. The van der Waals surface area contributed by atoms with Crippen molar-refractivity contribution in [2.24, 2.45) is 34.8 Å². The van der Waals surface area contributed by atoms with Crippen molar-refractivity contribution in [1.29, 1.82) is 0 Å². The summed E-state index contributed by atoms with van der Waals surface area (Å²) >= 11 is 0. The molecular formula is C39H58N4O10. The van der Waals surface area contributed by atoms with Crippen molar-refractivity contribution >= 4 is 23.9 Å². The number of pyridine rings is 1. The summed E-state index contributed by atoms with van der Waals surface area (Å²) in [5.41, 5.74) is 5.88. The summed E-state index contributed by atoms with van der Waals surface area (Å²) in [6.07, 6.45) is 3.92. The first-order valence-corrected chi connectivity index (χ1v) is 18.2. The SMILES string of the molecule is COCCCOc1cc(C[C@H](CC2C(C[C@H](C(=O)NCC(C)(C)C(N)=O)C(C)C)OCN2C(=O)OCOC(=O)c2cccnc2)C(C)C)ccc1OC. The predicted octanol–water partition coefficient (Wildman–Crippen LogP) is 4.98. The van der Waals surface area contributed by atoms with Gasteiger partial charge in [-0.15, -0.1) is 0 Å². The van der Waals surface area contributed by atoms with Crippen molar-refractivity contribution in [3.63, 3.8) is 0 Å². The molecule has 0 bridgehead atoms. The van der Waals surface area contributed by atoms with E-state index >= 15 is 0 Å². The highest BCUT2D eigenvalue weighted by molar-refractivity contribution is 5.89. The van der Waals surface area contributed by atoms with Crippen LogP contribution in [0.4, 0.5) is 4.79 Å². The molecule has 0 spiro atoms. The van der Waals surface area contributed by atoms with E-state index in [0.29, 0.717) is 44.0 Å². The number of hydrogen-bond donors (Lipinski definition) is 2. The largest absolute Gasteiger partial charge is 0.493 e.